The third-order valence-electron chi connectivity index (χ3n) is 5.19. The predicted octanol–water partition coefficient (Wildman–Crippen LogP) is 3.86. The monoisotopic (exact) mass is 415 g/mol. The zero-order chi connectivity index (χ0) is 21.5. The molecule has 1 atom stereocenters. The van der Waals surface area contributed by atoms with Gasteiger partial charge in [0.1, 0.15) is 17.7 Å². The largest absolute Gasteiger partial charge is 0.497 e. The molecule has 160 valence electrons. The first-order valence-corrected chi connectivity index (χ1v) is 9.97. The van der Waals surface area contributed by atoms with E-state index < -0.39 is 11.7 Å². The molecule has 2 amide bonds. The summed E-state index contributed by atoms with van der Waals surface area (Å²) in [6.07, 6.45) is 2.93. The van der Waals surface area contributed by atoms with E-state index in [1.165, 1.54) is 12.1 Å². The number of nitrogens with zero attached hydrogens (tertiary/aromatic N) is 1. The number of halogens is 1. The lowest BCUT2D eigenvalue weighted by Crippen LogP contribution is -2.43. The summed E-state index contributed by atoms with van der Waals surface area (Å²) in [6, 6.07) is 11.7. The van der Waals surface area contributed by atoms with Gasteiger partial charge in [-0.05, 0) is 48.7 Å². The number of hydrogen-bond donors (Lipinski definition) is 3. The van der Waals surface area contributed by atoms with Gasteiger partial charge in [-0.1, -0.05) is 25.0 Å². The van der Waals surface area contributed by atoms with Crippen LogP contribution in [0.25, 0.3) is 0 Å². The van der Waals surface area contributed by atoms with E-state index in [4.69, 9.17) is 9.94 Å². The number of carbonyl (C=O) groups excluding carboxylic acids is 2. The number of fused-ring (bicyclic) bond motifs is 1. The molecule has 1 aliphatic rings. The molecule has 0 saturated carbocycles. The molecule has 8 heteroatoms. The van der Waals surface area contributed by atoms with E-state index >= 15 is 0 Å². The van der Waals surface area contributed by atoms with Gasteiger partial charge in [0.25, 0.3) is 5.91 Å². The lowest BCUT2D eigenvalue weighted by Gasteiger charge is -2.38. The highest BCUT2D eigenvalue weighted by Gasteiger charge is 2.32. The lowest BCUT2D eigenvalue weighted by molar-refractivity contribution is -0.129. The minimum Gasteiger partial charge on any atom is -0.497 e. The van der Waals surface area contributed by atoms with E-state index in [1.807, 2.05) is 24.3 Å². The lowest BCUT2D eigenvalue weighted by atomic mass is 10.0. The molecule has 2 aromatic carbocycles. The molecule has 30 heavy (non-hydrogen) atoms. The highest BCUT2D eigenvalue weighted by Crippen LogP contribution is 2.34. The Morgan fingerprint density at radius 1 is 1.17 bits per heavy atom. The topological polar surface area (TPSA) is 90.9 Å². The molecule has 0 spiro atoms. The fraction of sp³-hybridized carbons (Fsp3) is 0.364. The molecule has 7 nitrogen and oxygen atoms in total. The quantitative estimate of drug-likeness (QED) is 0.329. The number of rotatable bonds is 9. The number of hydroxylamine groups is 1. The van der Waals surface area contributed by atoms with Crippen LogP contribution in [-0.2, 0) is 4.79 Å². The Hall–Kier alpha value is -3.13. The van der Waals surface area contributed by atoms with Crippen LogP contribution in [0.1, 0.15) is 54.2 Å². The van der Waals surface area contributed by atoms with Crippen molar-refractivity contribution < 1.29 is 23.9 Å². The molecular weight excluding hydrogens is 389 g/mol. The van der Waals surface area contributed by atoms with E-state index in [-0.39, 0.29) is 18.5 Å². The van der Waals surface area contributed by atoms with Crippen LogP contribution in [0.2, 0.25) is 0 Å². The molecule has 0 bridgehead atoms. The maximum atomic E-state index is 13.7. The number of carbonyl (C=O) groups is 2. The number of unbranched alkanes of at least 4 members (excludes halogenated alkanes) is 3. The van der Waals surface area contributed by atoms with Crippen molar-refractivity contribution in [3.63, 3.8) is 0 Å². The standard InChI is InChI=1S/C22H26FN3O4/c1-30-17-10-7-15(8-11-17)21-24-19-12-9-16(23)14-18(19)22(28)26(21)13-5-3-2-4-6-20(27)25-29/h7-12,14,21,24,29H,2-6,13H2,1H3,(H,25,27). The van der Waals surface area contributed by atoms with Gasteiger partial charge >= 0.3 is 0 Å². The van der Waals surface area contributed by atoms with Crippen molar-refractivity contribution in [2.45, 2.75) is 38.3 Å². The fourth-order valence-electron chi connectivity index (χ4n) is 3.57. The smallest absolute Gasteiger partial charge is 0.257 e. The summed E-state index contributed by atoms with van der Waals surface area (Å²) in [5.41, 5.74) is 3.45. The molecule has 1 unspecified atom stereocenters. The number of nitrogens with one attached hydrogen (secondary N) is 2. The Morgan fingerprint density at radius 3 is 2.60 bits per heavy atom. The molecule has 0 fully saturated rings. The minimum atomic E-state index is -0.450. The average molecular weight is 415 g/mol. The summed E-state index contributed by atoms with van der Waals surface area (Å²) in [6.45, 7) is 0.491. The summed E-state index contributed by atoms with van der Waals surface area (Å²) < 4.78 is 18.9. The van der Waals surface area contributed by atoms with E-state index in [9.17, 15) is 14.0 Å². The second-order valence-electron chi connectivity index (χ2n) is 7.21. The summed E-state index contributed by atoms with van der Waals surface area (Å²) in [5.74, 6) is -0.344. The first-order chi connectivity index (χ1) is 14.5. The van der Waals surface area contributed by atoms with Crippen LogP contribution >= 0.6 is 0 Å². The SMILES string of the molecule is COc1ccc(C2Nc3ccc(F)cc3C(=O)N2CCCCCCC(=O)NO)cc1. The third kappa shape index (κ3) is 5.07. The molecular formula is C22H26FN3O4. The van der Waals surface area contributed by atoms with Crippen molar-refractivity contribution in [1.29, 1.82) is 0 Å². The highest BCUT2D eigenvalue weighted by molar-refractivity contribution is 6.01. The minimum absolute atomic E-state index is 0.219. The van der Waals surface area contributed by atoms with Gasteiger partial charge in [0, 0.05) is 18.7 Å². The highest BCUT2D eigenvalue weighted by atomic mass is 19.1. The van der Waals surface area contributed by atoms with Crippen molar-refractivity contribution >= 4 is 17.5 Å². The summed E-state index contributed by atoms with van der Waals surface area (Å²) in [5, 5.41) is 11.9. The number of amides is 2. The van der Waals surface area contributed by atoms with E-state index in [1.54, 1.807) is 23.6 Å². The van der Waals surface area contributed by atoms with Gasteiger partial charge in [-0.3, -0.25) is 14.8 Å². The Kier molecular flexibility index (Phi) is 7.24. The number of ether oxygens (including phenoxy) is 1. The molecule has 2 aromatic rings. The van der Waals surface area contributed by atoms with Crippen molar-refractivity contribution in [2.24, 2.45) is 0 Å². The Labute approximate surface area is 174 Å². The third-order valence-corrected chi connectivity index (χ3v) is 5.19. The van der Waals surface area contributed by atoms with Crippen molar-refractivity contribution in [2.75, 3.05) is 19.0 Å². The van der Waals surface area contributed by atoms with Gasteiger partial charge in [-0.25, -0.2) is 9.87 Å². The van der Waals surface area contributed by atoms with Crippen LogP contribution in [0.15, 0.2) is 42.5 Å². The molecule has 3 rings (SSSR count). The summed E-state index contributed by atoms with van der Waals surface area (Å²) in [7, 11) is 1.60. The van der Waals surface area contributed by atoms with Gasteiger partial charge < -0.3 is 15.0 Å². The van der Waals surface area contributed by atoms with E-state index in [0.717, 1.165) is 30.6 Å². The number of hydrogen-bond acceptors (Lipinski definition) is 5. The zero-order valence-electron chi connectivity index (χ0n) is 16.9. The second kappa shape index (κ2) is 10.1. The molecule has 1 heterocycles. The van der Waals surface area contributed by atoms with Crippen LogP contribution in [-0.4, -0.2) is 35.6 Å². The Bertz CT molecular complexity index is 888. The van der Waals surface area contributed by atoms with E-state index in [2.05, 4.69) is 5.32 Å². The molecule has 0 saturated heterocycles. The first-order valence-electron chi connectivity index (χ1n) is 9.97. The number of anilines is 1. The van der Waals surface area contributed by atoms with Crippen LogP contribution in [0.3, 0.4) is 0 Å². The molecule has 0 radical (unpaired) electrons. The normalized spacial score (nSPS) is 15.4. The van der Waals surface area contributed by atoms with Crippen LogP contribution in [0.5, 0.6) is 5.75 Å². The number of benzene rings is 2. The summed E-state index contributed by atoms with van der Waals surface area (Å²) >= 11 is 0. The fourth-order valence-corrected chi connectivity index (χ4v) is 3.57. The maximum absolute atomic E-state index is 13.7. The van der Waals surface area contributed by atoms with Gasteiger partial charge in [0.15, 0.2) is 0 Å². The van der Waals surface area contributed by atoms with E-state index in [0.29, 0.717) is 24.2 Å². The summed E-state index contributed by atoms with van der Waals surface area (Å²) in [4.78, 5) is 25.9. The molecule has 1 aliphatic heterocycles. The Balaban J connectivity index is 1.72. The van der Waals surface area contributed by atoms with Gasteiger partial charge in [0.2, 0.25) is 5.91 Å². The second-order valence-corrected chi connectivity index (χ2v) is 7.21. The van der Waals surface area contributed by atoms with Crippen LogP contribution < -0.4 is 15.5 Å². The first kappa shape index (κ1) is 21.6. The molecule has 0 aliphatic carbocycles. The van der Waals surface area contributed by atoms with Crippen LogP contribution in [0, 0.1) is 5.82 Å². The average Bonchev–Trinajstić information content (AvgIpc) is 2.77. The van der Waals surface area contributed by atoms with Gasteiger partial charge in [-0.2, -0.15) is 0 Å². The van der Waals surface area contributed by atoms with Gasteiger partial charge in [-0.15, -0.1) is 0 Å². The van der Waals surface area contributed by atoms with Gasteiger partial charge in [0.05, 0.1) is 12.7 Å². The van der Waals surface area contributed by atoms with Crippen molar-refractivity contribution in [1.82, 2.24) is 10.4 Å². The maximum Gasteiger partial charge on any atom is 0.257 e. The number of methoxy groups -OCH3 is 1. The van der Waals surface area contributed by atoms with Crippen LogP contribution in [0.4, 0.5) is 10.1 Å². The predicted molar refractivity (Wildman–Crippen MR) is 110 cm³/mol. The Morgan fingerprint density at radius 2 is 1.90 bits per heavy atom. The zero-order valence-corrected chi connectivity index (χ0v) is 16.9. The molecule has 3 N–H and O–H groups in total. The van der Waals surface area contributed by atoms with Crippen molar-refractivity contribution in [3.8, 4) is 5.75 Å². The van der Waals surface area contributed by atoms with Crippen molar-refractivity contribution in [3.05, 3.63) is 59.4 Å². The molecule has 0 aromatic heterocycles.